The van der Waals surface area contributed by atoms with E-state index in [1.54, 1.807) is 0 Å². The average Bonchev–Trinajstić information content (AvgIpc) is 3.24. The number of carbonyl (C=O) groups excluding carboxylic acids is 2. The van der Waals surface area contributed by atoms with Gasteiger partial charge in [0.2, 0.25) is 5.91 Å². The molecule has 0 unspecified atom stereocenters. The topological polar surface area (TPSA) is 93.3 Å². The molecule has 0 fully saturated rings. The summed E-state index contributed by atoms with van der Waals surface area (Å²) in [4.78, 5) is 36.1. The first-order valence-electron chi connectivity index (χ1n) is 8.97. The first kappa shape index (κ1) is 23.6. The van der Waals surface area contributed by atoms with Crippen LogP contribution in [-0.4, -0.2) is 16.4 Å². The lowest BCUT2D eigenvalue weighted by atomic mass is 10.1. The van der Waals surface area contributed by atoms with Crippen LogP contribution in [0.5, 0.6) is 0 Å². The van der Waals surface area contributed by atoms with Crippen LogP contribution in [0, 0.1) is 0 Å². The number of nitrogens with one attached hydrogen (secondary N) is 2. The fraction of sp³-hybridized carbons (Fsp3) is 0.150. The van der Waals surface area contributed by atoms with Crippen molar-refractivity contribution in [3.05, 3.63) is 82.2 Å². The maximum atomic E-state index is 13.5. The van der Waals surface area contributed by atoms with Gasteiger partial charge in [-0.1, -0.05) is 0 Å². The highest BCUT2D eigenvalue weighted by atomic mass is 19.4. The second kappa shape index (κ2) is 8.84. The minimum atomic E-state index is -4.96. The van der Waals surface area contributed by atoms with Crippen molar-refractivity contribution < 1.29 is 40.3 Å². The monoisotopic (exact) mass is 473 g/mol. The minimum absolute atomic E-state index is 0.0625. The largest absolute Gasteiger partial charge is 0.472 e. The number of hydrogen-bond donors (Lipinski definition) is 2. The van der Waals surface area contributed by atoms with Gasteiger partial charge in [-0.2, -0.15) is 26.3 Å². The first-order chi connectivity index (χ1) is 15.4. The maximum absolute atomic E-state index is 13.5. The van der Waals surface area contributed by atoms with Crippen molar-refractivity contribution in [2.45, 2.75) is 18.9 Å². The van der Waals surface area contributed by atoms with Gasteiger partial charge in [-0.25, -0.2) is 0 Å². The number of benzene rings is 1. The Morgan fingerprint density at radius 1 is 0.939 bits per heavy atom. The van der Waals surface area contributed by atoms with Crippen molar-refractivity contribution in [2.75, 3.05) is 10.6 Å². The van der Waals surface area contributed by atoms with Gasteiger partial charge in [0.15, 0.2) is 0 Å². The van der Waals surface area contributed by atoms with E-state index in [1.165, 1.54) is 12.3 Å². The van der Waals surface area contributed by atoms with E-state index in [-0.39, 0.29) is 11.3 Å². The minimum Gasteiger partial charge on any atom is -0.472 e. The zero-order valence-corrected chi connectivity index (χ0v) is 16.3. The van der Waals surface area contributed by atoms with E-state index in [4.69, 9.17) is 4.42 Å². The van der Waals surface area contributed by atoms with E-state index in [0.717, 1.165) is 30.7 Å². The molecule has 13 heteroatoms. The van der Waals surface area contributed by atoms with Gasteiger partial charge in [0, 0.05) is 11.9 Å². The summed E-state index contributed by atoms with van der Waals surface area (Å²) in [5.74, 6) is -1.91. The summed E-state index contributed by atoms with van der Waals surface area (Å²) < 4.78 is 84.2. The fourth-order valence-corrected chi connectivity index (χ4v) is 2.78. The van der Waals surface area contributed by atoms with Crippen LogP contribution in [0.15, 0.2) is 64.3 Å². The smallest absolute Gasteiger partial charge is 0.421 e. The molecule has 0 spiro atoms. The van der Waals surface area contributed by atoms with Gasteiger partial charge < -0.3 is 19.6 Å². The third-order valence-electron chi connectivity index (χ3n) is 4.28. The number of hydrogen-bond acceptors (Lipinski definition) is 4. The Morgan fingerprint density at radius 2 is 1.64 bits per heavy atom. The molecular weight excluding hydrogens is 460 g/mol. The molecule has 0 aliphatic heterocycles. The standard InChI is InChI=1S/C20H13F6N3O4/c21-19(22,23)13-2-1-6-29(18(13)32)9-16(30)28-15-4-3-12(8-14(15)20(24,25)26)27-17(31)11-5-7-33-10-11/h1-8,10H,9H2,(H,27,31)(H,28,30). The van der Waals surface area contributed by atoms with Crippen molar-refractivity contribution in [3.63, 3.8) is 0 Å². The zero-order chi connectivity index (χ0) is 24.4. The predicted molar refractivity (Wildman–Crippen MR) is 102 cm³/mol. The summed E-state index contributed by atoms with van der Waals surface area (Å²) >= 11 is 0. The molecule has 0 saturated carbocycles. The van der Waals surface area contributed by atoms with Crippen molar-refractivity contribution >= 4 is 23.2 Å². The molecule has 1 aromatic carbocycles. The highest BCUT2D eigenvalue weighted by molar-refractivity contribution is 6.04. The molecule has 0 atom stereocenters. The van der Waals surface area contributed by atoms with Crippen LogP contribution >= 0.6 is 0 Å². The number of halogens is 6. The predicted octanol–water partition coefficient (Wildman–Crippen LogP) is 4.37. The SMILES string of the molecule is O=C(Cn1cccc(C(F)(F)F)c1=O)Nc1ccc(NC(=O)c2ccoc2)cc1C(F)(F)F. The molecule has 0 radical (unpaired) electrons. The van der Waals surface area contributed by atoms with Gasteiger partial charge in [0.25, 0.3) is 11.5 Å². The van der Waals surface area contributed by atoms with Gasteiger partial charge in [-0.15, -0.1) is 0 Å². The quantitative estimate of drug-likeness (QED) is 0.539. The molecule has 174 valence electrons. The molecule has 33 heavy (non-hydrogen) atoms. The van der Waals surface area contributed by atoms with Gasteiger partial charge in [0.1, 0.15) is 18.4 Å². The van der Waals surface area contributed by atoms with Crippen LogP contribution in [0.3, 0.4) is 0 Å². The number of alkyl halides is 6. The number of anilines is 2. The Bertz CT molecular complexity index is 1230. The zero-order valence-electron chi connectivity index (χ0n) is 16.3. The van der Waals surface area contributed by atoms with E-state index in [1.807, 2.05) is 5.32 Å². The maximum Gasteiger partial charge on any atom is 0.421 e. The molecule has 0 saturated heterocycles. The number of pyridine rings is 1. The number of nitrogens with zero attached hydrogens (tertiary/aromatic N) is 1. The van der Waals surface area contributed by atoms with Crippen LogP contribution in [-0.2, 0) is 23.7 Å². The van der Waals surface area contributed by atoms with E-state index in [9.17, 15) is 40.7 Å². The Labute approximate surface area is 180 Å². The van der Waals surface area contributed by atoms with Crippen LogP contribution in [0.25, 0.3) is 0 Å². The summed E-state index contributed by atoms with van der Waals surface area (Å²) in [6.45, 7) is -0.959. The van der Waals surface area contributed by atoms with E-state index in [2.05, 4.69) is 5.32 Å². The average molecular weight is 473 g/mol. The molecule has 2 aromatic heterocycles. The number of aromatic nitrogens is 1. The van der Waals surface area contributed by atoms with Crippen LogP contribution < -0.4 is 16.2 Å². The number of rotatable bonds is 5. The number of carbonyl (C=O) groups is 2. The summed E-state index contributed by atoms with van der Waals surface area (Å²) in [7, 11) is 0. The molecular formula is C20H13F6N3O4. The molecule has 3 rings (SSSR count). The van der Waals surface area contributed by atoms with Crippen molar-refractivity contribution in [2.24, 2.45) is 0 Å². The molecule has 7 nitrogen and oxygen atoms in total. The van der Waals surface area contributed by atoms with Crippen LogP contribution in [0.2, 0.25) is 0 Å². The lowest BCUT2D eigenvalue weighted by Crippen LogP contribution is -2.32. The summed E-state index contributed by atoms with van der Waals surface area (Å²) in [5.41, 5.74) is -5.25. The van der Waals surface area contributed by atoms with Crippen LogP contribution in [0.4, 0.5) is 37.7 Å². The van der Waals surface area contributed by atoms with E-state index < -0.39 is 53.1 Å². The van der Waals surface area contributed by atoms with Crippen LogP contribution in [0.1, 0.15) is 21.5 Å². The Hall–Kier alpha value is -4.03. The lowest BCUT2D eigenvalue weighted by molar-refractivity contribution is -0.139. The molecule has 2 heterocycles. The van der Waals surface area contributed by atoms with Crippen molar-refractivity contribution in [1.82, 2.24) is 4.57 Å². The van der Waals surface area contributed by atoms with Crippen molar-refractivity contribution in [3.8, 4) is 0 Å². The molecule has 2 N–H and O–H groups in total. The van der Waals surface area contributed by atoms with Gasteiger partial charge in [-0.3, -0.25) is 14.4 Å². The molecule has 3 aromatic rings. The summed E-state index contributed by atoms with van der Waals surface area (Å²) in [6, 6.07) is 5.22. The molecule has 0 aliphatic rings. The third kappa shape index (κ3) is 5.61. The van der Waals surface area contributed by atoms with E-state index >= 15 is 0 Å². The molecule has 0 bridgehead atoms. The number of furan rings is 1. The fourth-order valence-electron chi connectivity index (χ4n) is 2.78. The van der Waals surface area contributed by atoms with Gasteiger partial charge in [0.05, 0.1) is 23.1 Å². The second-order valence-electron chi connectivity index (χ2n) is 6.63. The first-order valence-corrected chi connectivity index (χ1v) is 8.97. The highest BCUT2D eigenvalue weighted by Crippen LogP contribution is 2.36. The lowest BCUT2D eigenvalue weighted by Gasteiger charge is -2.16. The number of amides is 2. The molecule has 0 aliphatic carbocycles. The third-order valence-corrected chi connectivity index (χ3v) is 4.28. The van der Waals surface area contributed by atoms with Gasteiger partial charge >= 0.3 is 12.4 Å². The summed E-state index contributed by atoms with van der Waals surface area (Å²) in [5, 5.41) is 4.17. The second-order valence-corrected chi connectivity index (χ2v) is 6.63. The Balaban J connectivity index is 1.82. The Morgan fingerprint density at radius 3 is 2.24 bits per heavy atom. The highest BCUT2D eigenvalue weighted by Gasteiger charge is 2.35. The van der Waals surface area contributed by atoms with E-state index in [0.29, 0.717) is 16.7 Å². The molecule has 2 amide bonds. The Kier molecular flexibility index (Phi) is 6.33. The van der Waals surface area contributed by atoms with Crippen molar-refractivity contribution in [1.29, 1.82) is 0 Å². The summed E-state index contributed by atoms with van der Waals surface area (Å²) in [6.07, 6.45) is -6.73. The van der Waals surface area contributed by atoms with Gasteiger partial charge in [-0.05, 0) is 36.4 Å². The normalized spacial score (nSPS) is 11.8.